The molecule has 2 nitrogen and oxygen atoms in total. The highest BCUT2D eigenvalue weighted by Gasteiger charge is 2.22. The van der Waals surface area contributed by atoms with E-state index in [4.69, 9.17) is 23.2 Å². The second-order valence-electron chi connectivity index (χ2n) is 4.86. The number of hydrogen-bond donors (Lipinski definition) is 0. The second kappa shape index (κ2) is 6.63. The van der Waals surface area contributed by atoms with Crippen molar-refractivity contribution in [3.63, 3.8) is 0 Å². The second-order valence-corrected chi connectivity index (χ2v) is 5.53. The summed E-state index contributed by atoms with van der Waals surface area (Å²) in [5.74, 6) is 1.38. The number of halogens is 2. The number of pyridine rings is 1. The van der Waals surface area contributed by atoms with Crippen molar-refractivity contribution < 1.29 is 0 Å². The van der Waals surface area contributed by atoms with Crippen LogP contribution in [-0.4, -0.2) is 17.6 Å². The van der Waals surface area contributed by atoms with Gasteiger partial charge in [0.15, 0.2) is 0 Å². The van der Waals surface area contributed by atoms with Crippen LogP contribution in [0.3, 0.4) is 0 Å². The van der Waals surface area contributed by atoms with Crippen molar-refractivity contribution >= 4 is 29.0 Å². The SMILES string of the molecule is CCN(c1ncc(CCl)cc1Cl)C1CCCCC1. The molecule has 0 bridgehead atoms. The minimum atomic E-state index is 0.461. The molecule has 0 aromatic carbocycles. The van der Waals surface area contributed by atoms with Crippen LogP contribution in [0, 0.1) is 0 Å². The van der Waals surface area contributed by atoms with Gasteiger partial charge in [0, 0.05) is 24.7 Å². The largest absolute Gasteiger partial charge is 0.353 e. The molecule has 1 fully saturated rings. The number of rotatable bonds is 4. The Labute approximate surface area is 119 Å². The van der Waals surface area contributed by atoms with Crippen molar-refractivity contribution in [3.05, 3.63) is 22.8 Å². The van der Waals surface area contributed by atoms with E-state index in [1.54, 1.807) is 0 Å². The van der Waals surface area contributed by atoms with Crippen molar-refractivity contribution in [2.24, 2.45) is 0 Å². The van der Waals surface area contributed by atoms with E-state index in [0.29, 0.717) is 11.9 Å². The standard InChI is InChI=1S/C14H20Cl2N2/c1-2-18(12-6-4-3-5-7-12)14-13(16)8-11(9-15)10-17-14/h8,10,12H,2-7,9H2,1H3. The molecular formula is C14H20Cl2N2. The summed E-state index contributed by atoms with van der Waals surface area (Å²) < 4.78 is 0. The van der Waals surface area contributed by atoms with Crippen LogP contribution in [0.5, 0.6) is 0 Å². The van der Waals surface area contributed by atoms with E-state index >= 15 is 0 Å². The Balaban J connectivity index is 2.20. The van der Waals surface area contributed by atoms with Gasteiger partial charge in [-0.2, -0.15) is 0 Å². The van der Waals surface area contributed by atoms with Gasteiger partial charge < -0.3 is 4.90 Å². The van der Waals surface area contributed by atoms with Crippen molar-refractivity contribution in [3.8, 4) is 0 Å². The Morgan fingerprint density at radius 1 is 1.33 bits per heavy atom. The molecule has 0 spiro atoms. The molecule has 100 valence electrons. The monoisotopic (exact) mass is 286 g/mol. The summed E-state index contributed by atoms with van der Waals surface area (Å²) in [6.07, 6.45) is 8.34. The number of hydrogen-bond acceptors (Lipinski definition) is 2. The molecule has 1 saturated carbocycles. The molecule has 0 N–H and O–H groups in total. The van der Waals surface area contributed by atoms with Crippen LogP contribution in [0.25, 0.3) is 0 Å². The molecule has 0 atom stereocenters. The maximum atomic E-state index is 6.34. The molecule has 0 radical (unpaired) electrons. The fourth-order valence-corrected chi connectivity index (χ4v) is 3.17. The van der Waals surface area contributed by atoms with Crippen LogP contribution in [0.15, 0.2) is 12.3 Å². The summed E-state index contributed by atoms with van der Waals surface area (Å²) in [6, 6.07) is 2.53. The van der Waals surface area contributed by atoms with Crippen molar-refractivity contribution in [1.29, 1.82) is 0 Å². The lowest BCUT2D eigenvalue weighted by atomic mass is 9.94. The van der Waals surface area contributed by atoms with E-state index in [0.717, 1.165) is 22.9 Å². The molecule has 0 saturated heterocycles. The highest BCUT2D eigenvalue weighted by atomic mass is 35.5. The van der Waals surface area contributed by atoms with E-state index in [2.05, 4.69) is 16.8 Å². The summed E-state index contributed by atoms with van der Waals surface area (Å²) in [6.45, 7) is 3.12. The lowest BCUT2D eigenvalue weighted by molar-refractivity contribution is 0.416. The summed E-state index contributed by atoms with van der Waals surface area (Å²) in [5, 5.41) is 0.723. The average Bonchev–Trinajstić information content (AvgIpc) is 2.42. The van der Waals surface area contributed by atoms with Crippen LogP contribution in [0.2, 0.25) is 5.02 Å². The zero-order valence-corrected chi connectivity index (χ0v) is 12.3. The number of aromatic nitrogens is 1. The molecule has 4 heteroatoms. The molecule has 1 aromatic heterocycles. The van der Waals surface area contributed by atoms with E-state index in [9.17, 15) is 0 Å². The van der Waals surface area contributed by atoms with Crippen molar-refractivity contribution in [2.45, 2.75) is 50.9 Å². The summed E-state index contributed by atoms with van der Waals surface area (Å²) in [4.78, 5) is 6.85. The first-order chi connectivity index (χ1) is 8.76. The number of alkyl halides is 1. The van der Waals surface area contributed by atoms with Crippen LogP contribution >= 0.6 is 23.2 Å². The zero-order valence-electron chi connectivity index (χ0n) is 10.8. The minimum absolute atomic E-state index is 0.461. The normalized spacial score (nSPS) is 16.8. The van der Waals surface area contributed by atoms with E-state index in [-0.39, 0.29) is 0 Å². The Kier molecular flexibility index (Phi) is 5.13. The van der Waals surface area contributed by atoms with E-state index < -0.39 is 0 Å². The first kappa shape index (κ1) is 14.0. The van der Waals surface area contributed by atoms with Gasteiger partial charge in [0.05, 0.1) is 5.02 Å². The highest BCUT2D eigenvalue weighted by Crippen LogP contribution is 2.31. The van der Waals surface area contributed by atoms with E-state index in [1.165, 1.54) is 32.1 Å². The number of nitrogens with zero attached hydrogens (tertiary/aromatic N) is 2. The smallest absolute Gasteiger partial charge is 0.147 e. The summed E-state index contributed by atoms with van der Waals surface area (Å²) in [7, 11) is 0. The Morgan fingerprint density at radius 2 is 2.06 bits per heavy atom. The van der Waals surface area contributed by atoms with Crippen LogP contribution in [0.4, 0.5) is 5.82 Å². The molecule has 18 heavy (non-hydrogen) atoms. The third-order valence-corrected chi connectivity index (χ3v) is 4.25. The maximum absolute atomic E-state index is 6.34. The van der Waals surface area contributed by atoms with Gasteiger partial charge in [-0.25, -0.2) is 4.98 Å². The fourth-order valence-electron chi connectivity index (χ4n) is 2.73. The Morgan fingerprint density at radius 3 is 2.61 bits per heavy atom. The molecule has 0 unspecified atom stereocenters. The lowest BCUT2D eigenvalue weighted by Gasteiger charge is -2.35. The third kappa shape index (κ3) is 3.10. The van der Waals surface area contributed by atoms with Crippen LogP contribution in [0.1, 0.15) is 44.6 Å². The fraction of sp³-hybridized carbons (Fsp3) is 0.643. The van der Waals surface area contributed by atoms with Crippen molar-refractivity contribution in [2.75, 3.05) is 11.4 Å². The maximum Gasteiger partial charge on any atom is 0.147 e. The van der Waals surface area contributed by atoms with Gasteiger partial charge in [0.25, 0.3) is 0 Å². The predicted molar refractivity (Wildman–Crippen MR) is 78.7 cm³/mol. The van der Waals surface area contributed by atoms with Gasteiger partial charge in [-0.3, -0.25) is 0 Å². The first-order valence-corrected chi connectivity index (χ1v) is 7.64. The molecule has 0 aliphatic heterocycles. The van der Waals surface area contributed by atoms with Gasteiger partial charge in [-0.15, -0.1) is 11.6 Å². The molecule has 0 amide bonds. The zero-order chi connectivity index (χ0) is 13.0. The Hall–Kier alpha value is -0.470. The van der Waals surface area contributed by atoms with Crippen molar-refractivity contribution in [1.82, 2.24) is 4.98 Å². The predicted octanol–water partition coefficient (Wildman–Crippen LogP) is 4.63. The lowest BCUT2D eigenvalue weighted by Crippen LogP contribution is -2.37. The molecule has 1 heterocycles. The quantitative estimate of drug-likeness (QED) is 0.750. The van der Waals surface area contributed by atoms with Gasteiger partial charge in [-0.05, 0) is 31.4 Å². The highest BCUT2D eigenvalue weighted by molar-refractivity contribution is 6.33. The minimum Gasteiger partial charge on any atom is -0.353 e. The topological polar surface area (TPSA) is 16.1 Å². The van der Waals surface area contributed by atoms with Gasteiger partial charge in [-0.1, -0.05) is 30.9 Å². The third-order valence-electron chi connectivity index (χ3n) is 3.66. The average molecular weight is 287 g/mol. The molecule has 1 aliphatic carbocycles. The Bertz CT molecular complexity index is 389. The van der Waals surface area contributed by atoms with Gasteiger partial charge >= 0.3 is 0 Å². The molecule has 2 rings (SSSR count). The van der Waals surface area contributed by atoms with Gasteiger partial charge in [0.1, 0.15) is 5.82 Å². The summed E-state index contributed by atoms with van der Waals surface area (Å²) in [5.41, 5.74) is 0.977. The van der Waals surface area contributed by atoms with Gasteiger partial charge in [0.2, 0.25) is 0 Å². The number of anilines is 1. The van der Waals surface area contributed by atoms with E-state index in [1.807, 2.05) is 12.3 Å². The first-order valence-electron chi connectivity index (χ1n) is 6.73. The molecule has 1 aromatic rings. The van der Waals surface area contributed by atoms with Crippen LogP contribution in [-0.2, 0) is 5.88 Å². The summed E-state index contributed by atoms with van der Waals surface area (Å²) >= 11 is 12.1. The van der Waals surface area contributed by atoms with Crippen LogP contribution < -0.4 is 4.90 Å². The molecule has 1 aliphatic rings. The molecular weight excluding hydrogens is 267 g/mol.